The third-order valence-electron chi connectivity index (χ3n) is 4.00. The van der Waals surface area contributed by atoms with Crippen molar-refractivity contribution in [3.05, 3.63) is 0 Å². The van der Waals surface area contributed by atoms with Crippen LogP contribution in [0.25, 0.3) is 0 Å². The summed E-state index contributed by atoms with van der Waals surface area (Å²) in [5.74, 6) is -0.0863. The van der Waals surface area contributed by atoms with E-state index in [2.05, 4.69) is 5.32 Å². The molecule has 0 spiro atoms. The van der Waals surface area contributed by atoms with Gasteiger partial charge in [-0.1, -0.05) is 0 Å². The van der Waals surface area contributed by atoms with Gasteiger partial charge >= 0.3 is 5.97 Å². The Morgan fingerprint density at radius 2 is 2.06 bits per heavy atom. The lowest BCUT2D eigenvalue weighted by Crippen LogP contribution is -2.47. The molecule has 1 aliphatic heterocycles. The number of rotatable bonds is 3. The standard InChI is InChI=1S/C13H23NO3/c1-13(7-4-8-14-13)12(15)17-11-6-3-5-10(9-11)16-2/h10-11,14H,3-9H2,1-2H3. The molecule has 98 valence electrons. The Morgan fingerprint density at radius 1 is 1.29 bits per heavy atom. The zero-order chi connectivity index (χ0) is 12.3. The fourth-order valence-electron chi connectivity index (χ4n) is 2.77. The molecular formula is C13H23NO3. The number of esters is 1. The first-order valence-electron chi connectivity index (χ1n) is 6.63. The molecule has 4 nitrogen and oxygen atoms in total. The Kier molecular flexibility index (Phi) is 4.05. The molecule has 2 fully saturated rings. The molecule has 3 unspecified atom stereocenters. The Morgan fingerprint density at radius 3 is 2.71 bits per heavy atom. The van der Waals surface area contributed by atoms with Crippen molar-refractivity contribution in [2.75, 3.05) is 13.7 Å². The molecule has 1 N–H and O–H groups in total. The number of hydrogen-bond donors (Lipinski definition) is 1. The van der Waals surface area contributed by atoms with E-state index in [1.807, 2.05) is 6.92 Å². The molecular weight excluding hydrogens is 218 g/mol. The lowest BCUT2D eigenvalue weighted by molar-refractivity contribution is -0.159. The maximum absolute atomic E-state index is 12.1. The number of carbonyl (C=O) groups is 1. The lowest BCUT2D eigenvalue weighted by Gasteiger charge is -2.31. The van der Waals surface area contributed by atoms with Crippen molar-refractivity contribution in [3.8, 4) is 0 Å². The molecule has 1 saturated heterocycles. The van der Waals surface area contributed by atoms with E-state index >= 15 is 0 Å². The van der Waals surface area contributed by atoms with Gasteiger partial charge in [0.15, 0.2) is 0 Å². The van der Waals surface area contributed by atoms with E-state index in [-0.39, 0.29) is 18.2 Å². The van der Waals surface area contributed by atoms with E-state index < -0.39 is 5.54 Å². The summed E-state index contributed by atoms with van der Waals surface area (Å²) in [6, 6.07) is 0. The van der Waals surface area contributed by atoms with Crippen molar-refractivity contribution in [3.63, 3.8) is 0 Å². The molecule has 0 radical (unpaired) electrons. The van der Waals surface area contributed by atoms with Gasteiger partial charge in [0.05, 0.1) is 6.10 Å². The van der Waals surface area contributed by atoms with Crippen LogP contribution in [-0.4, -0.2) is 37.4 Å². The third kappa shape index (κ3) is 2.99. The summed E-state index contributed by atoms with van der Waals surface area (Å²) in [6.07, 6.45) is 6.22. The predicted octanol–water partition coefficient (Wildman–Crippen LogP) is 1.63. The van der Waals surface area contributed by atoms with Crippen LogP contribution in [0, 0.1) is 0 Å². The van der Waals surface area contributed by atoms with Crippen LogP contribution in [0.15, 0.2) is 0 Å². The average molecular weight is 241 g/mol. The van der Waals surface area contributed by atoms with Gasteiger partial charge in [-0.05, 0) is 45.6 Å². The molecule has 3 atom stereocenters. The van der Waals surface area contributed by atoms with E-state index in [1.165, 1.54) is 0 Å². The van der Waals surface area contributed by atoms with Gasteiger partial charge in [-0.3, -0.25) is 4.79 Å². The molecule has 17 heavy (non-hydrogen) atoms. The van der Waals surface area contributed by atoms with Crippen molar-refractivity contribution in [1.29, 1.82) is 0 Å². The first-order valence-corrected chi connectivity index (χ1v) is 6.63. The summed E-state index contributed by atoms with van der Waals surface area (Å²) in [7, 11) is 1.73. The summed E-state index contributed by atoms with van der Waals surface area (Å²) in [6.45, 7) is 2.86. The molecule has 0 amide bonds. The van der Waals surface area contributed by atoms with Crippen molar-refractivity contribution < 1.29 is 14.3 Å². The maximum atomic E-state index is 12.1. The van der Waals surface area contributed by atoms with Crippen molar-refractivity contribution >= 4 is 5.97 Å². The fraction of sp³-hybridized carbons (Fsp3) is 0.923. The second-order valence-corrected chi connectivity index (χ2v) is 5.41. The van der Waals surface area contributed by atoms with Crippen LogP contribution < -0.4 is 5.32 Å². The zero-order valence-electron chi connectivity index (χ0n) is 10.8. The summed E-state index contributed by atoms with van der Waals surface area (Å²) in [5, 5.41) is 3.24. The van der Waals surface area contributed by atoms with E-state index in [0.29, 0.717) is 0 Å². The molecule has 0 aromatic carbocycles. The van der Waals surface area contributed by atoms with Crippen molar-refractivity contribution in [2.45, 2.75) is 63.2 Å². The largest absolute Gasteiger partial charge is 0.461 e. The van der Waals surface area contributed by atoms with Gasteiger partial charge in [0.2, 0.25) is 0 Å². The van der Waals surface area contributed by atoms with E-state index in [4.69, 9.17) is 9.47 Å². The quantitative estimate of drug-likeness (QED) is 0.763. The van der Waals surface area contributed by atoms with Crippen molar-refractivity contribution in [1.82, 2.24) is 5.32 Å². The van der Waals surface area contributed by atoms with Gasteiger partial charge < -0.3 is 14.8 Å². The van der Waals surface area contributed by atoms with Gasteiger partial charge in [0, 0.05) is 13.5 Å². The van der Waals surface area contributed by atoms with Crippen LogP contribution in [0.3, 0.4) is 0 Å². The Labute approximate surface area is 103 Å². The highest BCUT2D eigenvalue weighted by Gasteiger charge is 2.39. The molecule has 1 aliphatic carbocycles. The van der Waals surface area contributed by atoms with Crippen molar-refractivity contribution in [2.24, 2.45) is 0 Å². The molecule has 2 aliphatic rings. The summed E-state index contributed by atoms with van der Waals surface area (Å²) < 4.78 is 11.0. The Hall–Kier alpha value is -0.610. The number of hydrogen-bond acceptors (Lipinski definition) is 4. The normalized spacial score (nSPS) is 38.0. The molecule has 1 heterocycles. The van der Waals surface area contributed by atoms with Gasteiger partial charge in [0.25, 0.3) is 0 Å². The van der Waals surface area contributed by atoms with Crippen LogP contribution in [0.5, 0.6) is 0 Å². The lowest BCUT2D eigenvalue weighted by atomic mass is 9.94. The van der Waals surface area contributed by atoms with E-state index in [9.17, 15) is 4.79 Å². The van der Waals surface area contributed by atoms with Crippen LogP contribution in [-0.2, 0) is 14.3 Å². The highest BCUT2D eigenvalue weighted by Crippen LogP contribution is 2.26. The highest BCUT2D eigenvalue weighted by molar-refractivity contribution is 5.80. The van der Waals surface area contributed by atoms with Crippen LogP contribution >= 0.6 is 0 Å². The number of methoxy groups -OCH3 is 1. The molecule has 4 heteroatoms. The van der Waals surface area contributed by atoms with Crippen LogP contribution in [0.2, 0.25) is 0 Å². The molecule has 0 bridgehead atoms. The zero-order valence-corrected chi connectivity index (χ0v) is 10.8. The predicted molar refractivity (Wildman–Crippen MR) is 64.8 cm³/mol. The number of carbonyl (C=O) groups excluding carboxylic acids is 1. The number of nitrogens with one attached hydrogen (secondary N) is 1. The third-order valence-corrected chi connectivity index (χ3v) is 4.00. The highest BCUT2D eigenvalue weighted by atomic mass is 16.5. The minimum absolute atomic E-state index is 0.0421. The van der Waals surface area contributed by atoms with Gasteiger partial charge in [-0.25, -0.2) is 0 Å². The van der Waals surface area contributed by atoms with Crippen LogP contribution in [0.4, 0.5) is 0 Å². The Balaban J connectivity index is 1.85. The number of ether oxygens (including phenoxy) is 2. The van der Waals surface area contributed by atoms with Gasteiger partial charge in [0.1, 0.15) is 11.6 Å². The first kappa shape index (κ1) is 12.8. The Bertz CT molecular complexity index is 274. The molecule has 0 aromatic heterocycles. The summed E-state index contributed by atoms with van der Waals surface area (Å²) in [4.78, 5) is 12.1. The monoisotopic (exact) mass is 241 g/mol. The minimum Gasteiger partial charge on any atom is -0.461 e. The van der Waals surface area contributed by atoms with Gasteiger partial charge in [-0.2, -0.15) is 0 Å². The summed E-state index contributed by atoms with van der Waals surface area (Å²) >= 11 is 0. The van der Waals surface area contributed by atoms with E-state index in [0.717, 1.165) is 45.1 Å². The smallest absolute Gasteiger partial charge is 0.326 e. The maximum Gasteiger partial charge on any atom is 0.326 e. The molecule has 2 rings (SSSR count). The SMILES string of the molecule is COC1CCCC(OC(=O)C2(C)CCCN2)C1. The topological polar surface area (TPSA) is 47.6 Å². The molecule has 0 aromatic rings. The second-order valence-electron chi connectivity index (χ2n) is 5.41. The van der Waals surface area contributed by atoms with Crippen LogP contribution in [0.1, 0.15) is 45.4 Å². The molecule has 1 saturated carbocycles. The first-order chi connectivity index (χ1) is 8.14. The average Bonchev–Trinajstić information content (AvgIpc) is 2.78. The second kappa shape index (κ2) is 5.36. The van der Waals surface area contributed by atoms with E-state index in [1.54, 1.807) is 7.11 Å². The summed E-state index contributed by atoms with van der Waals surface area (Å²) in [5.41, 5.74) is -0.458. The van der Waals surface area contributed by atoms with Gasteiger partial charge in [-0.15, -0.1) is 0 Å². The minimum atomic E-state index is -0.458. The fourth-order valence-corrected chi connectivity index (χ4v) is 2.77.